The van der Waals surface area contributed by atoms with Crippen molar-refractivity contribution in [1.29, 1.82) is 0 Å². The molecule has 1 fully saturated rings. The summed E-state index contributed by atoms with van der Waals surface area (Å²) in [7, 11) is 0. The van der Waals surface area contributed by atoms with Crippen molar-refractivity contribution < 1.29 is 0 Å². The average molecular weight is 281 g/mol. The third kappa shape index (κ3) is 3.86. The van der Waals surface area contributed by atoms with Crippen LogP contribution in [-0.4, -0.2) is 47.6 Å². The minimum Gasteiger partial charge on any atom is -0.389 e. The van der Waals surface area contributed by atoms with Crippen LogP contribution in [0.4, 0.5) is 5.69 Å². The molecule has 5 heteroatoms. The van der Waals surface area contributed by atoms with Gasteiger partial charge in [0.05, 0.1) is 0 Å². The maximum atomic E-state index is 5.71. The summed E-state index contributed by atoms with van der Waals surface area (Å²) >= 11 is 7.09. The maximum absolute atomic E-state index is 5.71. The second-order valence-electron chi connectivity index (χ2n) is 4.29. The topological polar surface area (TPSA) is 41.3 Å². The monoisotopic (exact) mass is 281 g/mol. The largest absolute Gasteiger partial charge is 0.389 e. The quantitative estimate of drug-likeness (QED) is 0.805. The third-order valence-electron chi connectivity index (χ3n) is 3.04. The van der Waals surface area contributed by atoms with E-state index in [9.17, 15) is 0 Å². The number of benzene rings is 1. The van der Waals surface area contributed by atoms with Gasteiger partial charge in [0.25, 0.3) is 0 Å². The molecule has 0 aromatic heterocycles. The highest BCUT2D eigenvalue weighted by molar-refractivity contribution is 7.99. The van der Waals surface area contributed by atoms with Crippen LogP contribution in [0, 0.1) is 0 Å². The van der Waals surface area contributed by atoms with Gasteiger partial charge < -0.3 is 11.1 Å². The minimum atomic E-state index is 0.451. The average Bonchev–Trinajstić information content (AvgIpc) is 2.40. The number of thioether (sulfide) groups is 1. The first-order valence-corrected chi connectivity index (χ1v) is 7.76. The fourth-order valence-electron chi connectivity index (χ4n) is 2.03. The maximum Gasteiger partial charge on any atom is 0.106 e. The zero-order valence-electron chi connectivity index (χ0n) is 10.4. The molecule has 0 amide bonds. The van der Waals surface area contributed by atoms with Gasteiger partial charge in [-0.3, -0.25) is 4.90 Å². The lowest BCUT2D eigenvalue weighted by atomic mass is 10.2. The molecule has 0 atom stereocenters. The van der Waals surface area contributed by atoms with Crippen LogP contribution >= 0.6 is 24.0 Å². The molecular weight excluding hydrogens is 262 g/mol. The van der Waals surface area contributed by atoms with Gasteiger partial charge in [-0.25, -0.2) is 0 Å². The highest BCUT2D eigenvalue weighted by atomic mass is 32.2. The molecular formula is C13H19N3S2. The molecule has 0 saturated carbocycles. The Labute approximate surface area is 118 Å². The lowest BCUT2D eigenvalue weighted by Gasteiger charge is -2.26. The molecule has 98 valence electrons. The Bertz CT molecular complexity index is 403. The van der Waals surface area contributed by atoms with Crippen molar-refractivity contribution in [2.45, 2.75) is 0 Å². The number of hydrogen-bond donors (Lipinski definition) is 2. The summed E-state index contributed by atoms with van der Waals surface area (Å²) in [6, 6.07) is 7.95. The molecule has 1 aromatic carbocycles. The van der Waals surface area contributed by atoms with Crippen LogP contribution in [0.3, 0.4) is 0 Å². The number of thiocarbonyl (C=S) groups is 1. The molecule has 0 radical (unpaired) electrons. The highest BCUT2D eigenvalue weighted by Crippen LogP contribution is 2.14. The van der Waals surface area contributed by atoms with Crippen molar-refractivity contribution in [1.82, 2.24) is 4.90 Å². The molecule has 0 bridgehead atoms. The van der Waals surface area contributed by atoms with E-state index in [0.717, 1.165) is 24.3 Å². The zero-order valence-corrected chi connectivity index (χ0v) is 12.0. The van der Waals surface area contributed by atoms with Crippen molar-refractivity contribution in [3.05, 3.63) is 29.8 Å². The molecule has 0 aliphatic carbocycles. The normalized spacial score (nSPS) is 16.4. The predicted octanol–water partition coefficient (Wildman–Crippen LogP) is 1.78. The van der Waals surface area contributed by atoms with E-state index in [1.54, 1.807) is 0 Å². The second-order valence-corrected chi connectivity index (χ2v) is 5.96. The van der Waals surface area contributed by atoms with Crippen LogP contribution in [0.25, 0.3) is 0 Å². The Balaban J connectivity index is 1.84. The molecule has 0 spiro atoms. The first kappa shape index (κ1) is 13.6. The Kier molecular flexibility index (Phi) is 5.28. The third-order valence-corrected chi connectivity index (χ3v) is 4.20. The van der Waals surface area contributed by atoms with E-state index in [0.29, 0.717) is 4.99 Å². The Hall–Kier alpha value is -0.780. The van der Waals surface area contributed by atoms with Gasteiger partial charge in [0.15, 0.2) is 0 Å². The lowest BCUT2D eigenvalue weighted by molar-refractivity contribution is 0.314. The summed E-state index contributed by atoms with van der Waals surface area (Å²) in [5.41, 5.74) is 7.68. The summed E-state index contributed by atoms with van der Waals surface area (Å²) in [6.07, 6.45) is 0. The van der Waals surface area contributed by atoms with Crippen LogP contribution in [0.15, 0.2) is 24.3 Å². The summed E-state index contributed by atoms with van der Waals surface area (Å²) in [5.74, 6) is 2.51. The van der Waals surface area contributed by atoms with Crippen molar-refractivity contribution in [3.8, 4) is 0 Å². The second kappa shape index (κ2) is 6.97. The fraction of sp³-hybridized carbons (Fsp3) is 0.462. The van der Waals surface area contributed by atoms with Gasteiger partial charge >= 0.3 is 0 Å². The molecule has 3 N–H and O–H groups in total. The summed E-state index contributed by atoms with van der Waals surface area (Å²) in [6.45, 7) is 4.41. The van der Waals surface area contributed by atoms with E-state index >= 15 is 0 Å². The molecule has 1 saturated heterocycles. The van der Waals surface area contributed by atoms with Crippen molar-refractivity contribution >= 4 is 34.7 Å². The molecule has 2 rings (SSSR count). The van der Waals surface area contributed by atoms with Gasteiger partial charge in [-0.15, -0.1) is 0 Å². The van der Waals surface area contributed by atoms with Crippen molar-refractivity contribution in [2.75, 3.05) is 43.0 Å². The molecule has 0 unspecified atom stereocenters. The number of rotatable bonds is 5. The number of para-hydroxylation sites is 1. The van der Waals surface area contributed by atoms with Crippen LogP contribution in [0.2, 0.25) is 0 Å². The van der Waals surface area contributed by atoms with E-state index < -0.39 is 0 Å². The molecule has 1 aromatic rings. The van der Waals surface area contributed by atoms with E-state index in [1.807, 2.05) is 36.0 Å². The van der Waals surface area contributed by atoms with E-state index in [-0.39, 0.29) is 0 Å². The fourth-order valence-corrected chi connectivity index (χ4v) is 3.18. The Morgan fingerprint density at radius 1 is 1.33 bits per heavy atom. The standard InChI is InChI=1S/C13H19N3S2/c14-13(17)11-3-1-2-4-12(11)15-5-6-16-7-9-18-10-8-16/h1-4,15H,5-10H2,(H2,14,17). The van der Waals surface area contributed by atoms with Gasteiger partial charge in [-0.1, -0.05) is 24.4 Å². The molecule has 1 aliphatic heterocycles. The number of nitrogens with one attached hydrogen (secondary N) is 1. The van der Waals surface area contributed by atoms with E-state index in [4.69, 9.17) is 18.0 Å². The molecule has 18 heavy (non-hydrogen) atoms. The SMILES string of the molecule is NC(=S)c1ccccc1NCCN1CCSCC1. The van der Waals surface area contributed by atoms with Crippen molar-refractivity contribution in [3.63, 3.8) is 0 Å². The first-order chi connectivity index (χ1) is 8.77. The van der Waals surface area contributed by atoms with Gasteiger partial charge in [-0.2, -0.15) is 11.8 Å². The lowest BCUT2D eigenvalue weighted by Crippen LogP contribution is -2.36. The van der Waals surface area contributed by atoms with Crippen LogP contribution < -0.4 is 11.1 Å². The van der Waals surface area contributed by atoms with Gasteiger partial charge in [0, 0.05) is 48.9 Å². The number of hydrogen-bond acceptors (Lipinski definition) is 4. The van der Waals surface area contributed by atoms with Crippen LogP contribution in [0.5, 0.6) is 0 Å². The number of anilines is 1. The van der Waals surface area contributed by atoms with E-state index in [1.165, 1.54) is 24.6 Å². The summed E-state index contributed by atoms with van der Waals surface area (Å²) in [4.78, 5) is 2.94. The van der Waals surface area contributed by atoms with Gasteiger partial charge in [0.1, 0.15) is 4.99 Å². The predicted molar refractivity (Wildman–Crippen MR) is 84.6 cm³/mol. The van der Waals surface area contributed by atoms with E-state index in [2.05, 4.69) is 10.2 Å². The van der Waals surface area contributed by atoms with Crippen LogP contribution in [0.1, 0.15) is 5.56 Å². The van der Waals surface area contributed by atoms with Crippen LogP contribution in [-0.2, 0) is 0 Å². The minimum absolute atomic E-state index is 0.451. The molecule has 3 nitrogen and oxygen atoms in total. The van der Waals surface area contributed by atoms with Gasteiger partial charge in [0.2, 0.25) is 0 Å². The number of nitrogens with two attached hydrogens (primary N) is 1. The van der Waals surface area contributed by atoms with Gasteiger partial charge in [-0.05, 0) is 12.1 Å². The summed E-state index contributed by atoms with van der Waals surface area (Å²) < 4.78 is 0. The zero-order chi connectivity index (χ0) is 12.8. The molecule has 1 heterocycles. The molecule has 1 aliphatic rings. The highest BCUT2D eigenvalue weighted by Gasteiger charge is 2.10. The van der Waals surface area contributed by atoms with Crippen molar-refractivity contribution in [2.24, 2.45) is 5.73 Å². The first-order valence-electron chi connectivity index (χ1n) is 6.20. The summed E-state index contributed by atoms with van der Waals surface area (Å²) in [5, 5.41) is 3.43. The Morgan fingerprint density at radius 3 is 2.78 bits per heavy atom. The smallest absolute Gasteiger partial charge is 0.106 e. The Morgan fingerprint density at radius 2 is 2.06 bits per heavy atom. The number of nitrogens with zero attached hydrogens (tertiary/aromatic N) is 1.